The summed E-state index contributed by atoms with van der Waals surface area (Å²) in [5, 5.41) is 3.78. The first kappa shape index (κ1) is 15.1. The Bertz CT molecular complexity index is 895. The molecule has 0 atom stereocenters. The number of carbonyl (C=O) groups is 1. The molecule has 0 spiro atoms. The largest absolute Gasteiger partial charge is 0.454 e. The minimum Gasteiger partial charge on any atom is -0.454 e. The molecule has 2 aliphatic rings. The van der Waals surface area contributed by atoms with E-state index >= 15 is 0 Å². The molecule has 120 valence electrons. The number of halogens is 1. The molecular formula is C17H11ClN2O3S. The van der Waals surface area contributed by atoms with Gasteiger partial charge in [-0.05, 0) is 47.7 Å². The Morgan fingerprint density at radius 1 is 1.17 bits per heavy atom. The molecule has 2 heterocycles. The zero-order valence-electron chi connectivity index (χ0n) is 12.3. The molecular weight excluding hydrogens is 348 g/mol. The lowest BCUT2D eigenvalue weighted by atomic mass is 10.2. The van der Waals surface area contributed by atoms with Crippen LogP contribution in [-0.2, 0) is 4.79 Å². The van der Waals surface area contributed by atoms with Crippen LogP contribution < -0.4 is 14.8 Å². The van der Waals surface area contributed by atoms with Gasteiger partial charge in [0.15, 0.2) is 16.7 Å². The zero-order valence-corrected chi connectivity index (χ0v) is 13.9. The third-order valence-corrected chi connectivity index (χ3v) is 4.65. The van der Waals surface area contributed by atoms with E-state index < -0.39 is 0 Å². The van der Waals surface area contributed by atoms with Crippen LogP contribution in [0.2, 0.25) is 5.02 Å². The summed E-state index contributed by atoms with van der Waals surface area (Å²) < 4.78 is 10.6. The Labute approximate surface area is 147 Å². The van der Waals surface area contributed by atoms with Crippen LogP contribution in [0.1, 0.15) is 5.56 Å². The van der Waals surface area contributed by atoms with Gasteiger partial charge in [-0.25, -0.2) is 4.99 Å². The molecule has 5 nitrogen and oxygen atoms in total. The number of nitrogens with one attached hydrogen (secondary N) is 1. The maximum atomic E-state index is 12.1. The third kappa shape index (κ3) is 2.98. The van der Waals surface area contributed by atoms with E-state index in [0.717, 1.165) is 5.56 Å². The van der Waals surface area contributed by atoms with Crippen molar-refractivity contribution in [2.45, 2.75) is 0 Å². The molecule has 0 bridgehead atoms. The maximum absolute atomic E-state index is 12.1. The zero-order chi connectivity index (χ0) is 16.5. The summed E-state index contributed by atoms with van der Waals surface area (Å²) >= 11 is 7.36. The van der Waals surface area contributed by atoms with Crippen LogP contribution in [0.25, 0.3) is 6.08 Å². The lowest BCUT2D eigenvalue weighted by molar-refractivity contribution is -0.115. The normalized spacial score (nSPS) is 19.1. The van der Waals surface area contributed by atoms with E-state index in [4.69, 9.17) is 21.1 Å². The number of rotatable bonds is 2. The summed E-state index contributed by atoms with van der Waals surface area (Å²) in [6.45, 7) is 0.221. The number of benzene rings is 2. The second-order valence-corrected chi connectivity index (χ2v) is 6.48. The van der Waals surface area contributed by atoms with Gasteiger partial charge in [-0.15, -0.1) is 0 Å². The standard InChI is InChI=1S/C17H11ClN2O3S/c18-11-3-1-2-4-12(11)19-17-20-16(21)15(24-17)8-10-5-6-13-14(7-10)23-9-22-13/h1-8H,9H2,(H,19,20,21)/b15-8+. The Morgan fingerprint density at radius 2 is 2.00 bits per heavy atom. The van der Waals surface area contributed by atoms with Gasteiger partial charge >= 0.3 is 0 Å². The Balaban J connectivity index is 1.59. The van der Waals surface area contributed by atoms with E-state index in [1.807, 2.05) is 30.3 Å². The first-order valence-corrected chi connectivity index (χ1v) is 8.32. The number of nitrogens with zero attached hydrogens (tertiary/aromatic N) is 1. The summed E-state index contributed by atoms with van der Waals surface area (Å²) in [5.74, 6) is 1.20. The maximum Gasteiger partial charge on any atom is 0.264 e. The number of para-hydroxylation sites is 1. The predicted octanol–water partition coefficient (Wildman–Crippen LogP) is 3.96. The number of hydrogen-bond donors (Lipinski definition) is 1. The highest BCUT2D eigenvalue weighted by Crippen LogP contribution is 2.35. The average molecular weight is 359 g/mol. The van der Waals surface area contributed by atoms with Crippen molar-refractivity contribution in [3.8, 4) is 11.5 Å². The van der Waals surface area contributed by atoms with Gasteiger partial charge in [0.05, 0.1) is 15.6 Å². The number of amidine groups is 1. The van der Waals surface area contributed by atoms with Crippen molar-refractivity contribution in [2.75, 3.05) is 6.79 Å². The average Bonchev–Trinajstić information content (AvgIpc) is 3.16. The second kappa shape index (κ2) is 6.22. The van der Waals surface area contributed by atoms with E-state index in [2.05, 4.69) is 10.3 Å². The predicted molar refractivity (Wildman–Crippen MR) is 94.8 cm³/mol. The van der Waals surface area contributed by atoms with E-state index in [9.17, 15) is 4.79 Å². The van der Waals surface area contributed by atoms with E-state index in [1.54, 1.807) is 18.2 Å². The van der Waals surface area contributed by atoms with Crippen molar-refractivity contribution in [1.29, 1.82) is 0 Å². The number of hydrogen-bond acceptors (Lipinski definition) is 5. The van der Waals surface area contributed by atoms with Crippen molar-refractivity contribution in [1.82, 2.24) is 5.32 Å². The van der Waals surface area contributed by atoms with Crippen molar-refractivity contribution < 1.29 is 14.3 Å². The summed E-state index contributed by atoms with van der Waals surface area (Å²) in [5.41, 5.74) is 1.47. The summed E-state index contributed by atoms with van der Waals surface area (Å²) in [6.07, 6.45) is 1.79. The lowest BCUT2D eigenvalue weighted by Crippen LogP contribution is -2.19. The Hall–Kier alpha value is -2.44. The monoisotopic (exact) mass is 358 g/mol. The number of carbonyl (C=O) groups excluding carboxylic acids is 1. The molecule has 2 aromatic carbocycles. The van der Waals surface area contributed by atoms with Crippen LogP contribution in [0, 0.1) is 0 Å². The number of aliphatic imine (C=N–C) groups is 1. The smallest absolute Gasteiger partial charge is 0.264 e. The van der Waals surface area contributed by atoms with Gasteiger partial charge in [0, 0.05) is 0 Å². The van der Waals surface area contributed by atoms with Gasteiger partial charge in [-0.3, -0.25) is 4.79 Å². The highest BCUT2D eigenvalue weighted by molar-refractivity contribution is 8.18. The Kier molecular flexibility index (Phi) is 3.92. The fourth-order valence-electron chi connectivity index (χ4n) is 2.29. The molecule has 0 aromatic heterocycles. The number of ether oxygens (including phenoxy) is 2. The van der Waals surface area contributed by atoms with E-state index in [-0.39, 0.29) is 12.7 Å². The number of fused-ring (bicyclic) bond motifs is 1. The van der Waals surface area contributed by atoms with Crippen molar-refractivity contribution >= 4 is 46.2 Å². The summed E-state index contributed by atoms with van der Waals surface area (Å²) in [7, 11) is 0. The van der Waals surface area contributed by atoms with Crippen LogP contribution in [0.15, 0.2) is 52.4 Å². The lowest BCUT2D eigenvalue weighted by Gasteiger charge is -1.99. The van der Waals surface area contributed by atoms with Gasteiger partial charge in [-0.1, -0.05) is 29.8 Å². The van der Waals surface area contributed by atoms with Gasteiger partial charge < -0.3 is 14.8 Å². The van der Waals surface area contributed by atoms with Gasteiger partial charge in [-0.2, -0.15) is 0 Å². The van der Waals surface area contributed by atoms with Crippen LogP contribution >= 0.6 is 23.4 Å². The van der Waals surface area contributed by atoms with Crippen LogP contribution in [0.5, 0.6) is 11.5 Å². The first-order valence-electron chi connectivity index (χ1n) is 7.13. The van der Waals surface area contributed by atoms with E-state index in [1.165, 1.54) is 11.8 Å². The molecule has 7 heteroatoms. The number of thioether (sulfide) groups is 1. The van der Waals surface area contributed by atoms with Crippen molar-refractivity contribution in [2.24, 2.45) is 4.99 Å². The molecule has 2 aromatic rings. The van der Waals surface area contributed by atoms with Crippen molar-refractivity contribution in [3.05, 3.63) is 58.0 Å². The first-order chi connectivity index (χ1) is 11.7. The molecule has 1 saturated heterocycles. The number of amides is 1. The van der Waals surface area contributed by atoms with Crippen LogP contribution in [0.3, 0.4) is 0 Å². The minimum absolute atomic E-state index is 0.191. The van der Waals surface area contributed by atoms with E-state index in [0.29, 0.717) is 32.3 Å². The molecule has 1 N–H and O–H groups in total. The highest BCUT2D eigenvalue weighted by atomic mass is 35.5. The van der Waals surface area contributed by atoms with Crippen LogP contribution in [0.4, 0.5) is 5.69 Å². The fourth-order valence-corrected chi connectivity index (χ4v) is 3.30. The van der Waals surface area contributed by atoms with Gasteiger partial charge in [0.2, 0.25) is 6.79 Å². The second-order valence-electron chi connectivity index (χ2n) is 5.05. The topological polar surface area (TPSA) is 59.9 Å². The SMILES string of the molecule is O=C1NC(=Nc2ccccc2Cl)S/C1=C/c1ccc2c(c1)OCO2. The molecule has 0 unspecified atom stereocenters. The Morgan fingerprint density at radius 3 is 2.88 bits per heavy atom. The third-order valence-electron chi connectivity index (χ3n) is 3.42. The molecule has 0 aliphatic carbocycles. The molecule has 2 aliphatic heterocycles. The van der Waals surface area contributed by atoms with Gasteiger partial charge in [0.1, 0.15) is 0 Å². The molecule has 1 amide bonds. The minimum atomic E-state index is -0.191. The van der Waals surface area contributed by atoms with Gasteiger partial charge in [0.25, 0.3) is 5.91 Å². The molecule has 24 heavy (non-hydrogen) atoms. The quantitative estimate of drug-likeness (QED) is 0.825. The summed E-state index contributed by atoms with van der Waals surface area (Å²) in [6, 6.07) is 12.8. The molecule has 0 radical (unpaired) electrons. The molecule has 0 saturated carbocycles. The van der Waals surface area contributed by atoms with Crippen LogP contribution in [-0.4, -0.2) is 17.9 Å². The fraction of sp³-hybridized carbons (Fsp3) is 0.0588. The molecule has 1 fully saturated rings. The van der Waals surface area contributed by atoms with Crippen molar-refractivity contribution in [3.63, 3.8) is 0 Å². The summed E-state index contributed by atoms with van der Waals surface area (Å²) in [4.78, 5) is 17.1. The highest BCUT2D eigenvalue weighted by Gasteiger charge is 2.24. The molecule has 4 rings (SSSR count).